The van der Waals surface area contributed by atoms with Crippen LogP contribution in [-0.4, -0.2) is 23.9 Å². The molecule has 0 atom stereocenters. The summed E-state index contributed by atoms with van der Waals surface area (Å²) < 4.78 is 18.9. The standard InChI is InChI=1S/C16H25FN2O2/c1-3-21-15-9-14(13(18)8-12(15)17)19-10-16(20)6-4-11(2)5-7-16/h8-9,11,19-20H,3-7,10,18H2,1-2H3. The second-order valence-corrected chi connectivity index (χ2v) is 6.06. The minimum absolute atomic E-state index is 0.179. The van der Waals surface area contributed by atoms with Crippen LogP contribution in [0.5, 0.6) is 5.75 Å². The fraction of sp³-hybridized carbons (Fsp3) is 0.625. The lowest BCUT2D eigenvalue weighted by Crippen LogP contribution is -2.40. The summed E-state index contributed by atoms with van der Waals surface area (Å²) in [5.74, 6) is 0.384. The molecule has 0 amide bonds. The average Bonchev–Trinajstić information content (AvgIpc) is 2.44. The number of nitrogens with one attached hydrogen (secondary N) is 1. The molecule has 1 aliphatic rings. The van der Waals surface area contributed by atoms with Crippen LogP contribution in [0.4, 0.5) is 15.8 Å². The number of benzene rings is 1. The Balaban J connectivity index is 2.04. The summed E-state index contributed by atoms with van der Waals surface area (Å²) >= 11 is 0. The smallest absolute Gasteiger partial charge is 0.167 e. The maximum atomic E-state index is 13.6. The molecule has 0 radical (unpaired) electrons. The van der Waals surface area contributed by atoms with E-state index < -0.39 is 11.4 Å². The monoisotopic (exact) mass is 296 g/mol. The second-order valence-electron chi connectivity index (χ2n) is 6.06. The summed E-state index contributed by atoms with van der Waals surface area (Å²) in [7, 11) is 0. The number of rotatable bonds is 5. The topological polar surface area (TPSA) is 67.5 Å². The molecule has 1 aromatic carbocycles. The third-order valence-electron chi connectivity index (χ3n) is 4.22. The maximum Gasteiger partial charge on any atom is 0.167 e. The number of ether oxygens (including phenoxy) is 1. The molecular weight excluding hydrogens is 271 g/mol. The van der Waals surface area contributed by atoms with Crippen molar-refractivity contribution in [1.82, 2.24) is 0 Å². The van der Waals surface area contributed by atoms with Crippen molar-refractivity contribution in [3.63, 3.8) is 0 Å². The number of halogens is 1. The Bertz CT molecular complexity index is 485. The highest BCUT2D eigenvalue weighted by atomic mass is 19.1. The van der Waals surface area contributed by atoms with Crippen LogP contribution in [0.1, 0.15) is 39.5 Å². The summed E-state index contributed by atoms with van der Waals surface area (Å²) in [5, 5.41) is 13.7. The van der Waals surface area contributed by atoms with Gasteiger partial charge in [0.25, 0.3) is 0 Å². The van der Waals surface area contributed by atoms with Crippen LogP contribution in [0, 0.1) is 11.7 Å². The van der Waals surface area contributed by atoms with Gasteiger partial charge >= 0.3 is 0 Å². The number of anilines is 2. The van der Waals surface area contributed by atoms with E-state index in [2.05, 4.69) is 12.2 Å². The molecule has 1 fully saturated rings. The zero-order chi connectivity index (χ0) is 15.5. The van der Waals surface area contributed by atoms with Crippen LogP contribution in [0.25, 0.3) is 0 Å². The van der Waals surface area contributed by atoms with Gasteiger partial charge in [0, 0.05) is 18.7 Å². The lowest BCUT2D eigenvalue weighted by atomic mass is 9.79. The molecule has 0 unspecified atom stereocenters. The van der Waals surface area contributed by atoms with E-state index in [0.717, 1.165) is 25.7 Å². The van der Waals surface area contributed by atoms with E-state index in [9.17, 15) is 9.50 Å². The van der Waals surface area contributed by atoms with Gasteiger partial charge in [0.15, 0.2) is 11.6 Å². The van der Waals surface area contributed by atoms with Crippen molar-refractivity contribution >= 4 is 11.4 Å². The van der Waals surface area contributed by atoms with Gasteiger partial charge in [-0.3, -0.25) is 0 Å². The zero-order valence-electron chi connectivity index (χ0n) is 12.8. The summed E-state index contributed by atoms with van der Waals surface area (Å²) in [6.45, 7) is 4.82. The molecule has 0 spiro atoms. The quantitative estimate of drug-likeness (QED) is 0.730. The third-order valence-corrected chi connectivity index (χ3v) is 4.22. The number of hydrogen-bond donors (Lipinski definition) is 3. The molecule has 1 saturated carbocycles. The van der Waals surface area contributed by atoms with Crippen LogP contribution in [0.2, 0.25) is 0 Å². The molecule has 1 aromatic rings. The second kappa shape index (κ2) is 6.52. The molecule has 0 bridgehead atoms. The molecule has 1 aliphatic carbocycles. The number of nitrogens with two attached hydrogens (primary N) is 1. The highest BCUT2D eigenvalue weighted by Crippen LogP contribution is 2.33. The maximum absolute atomic E-state index is 13.6. The van der Waals surface area contributed by atoms with Gasteiger partial charge in [-0.15, -0.1) is 0 Å². The first-order valence-electron chi connectivity index (χ1n) is 7.61. The highest BCUT2D eigenvalue weighted by molar-refractivity contribution is 5.68. The van der Waals surface area contributed by atoms with E-state index in [1.807, 2.05) is 0 Å². The van der Waals surface area contributed by atoms with Crippen molar-refractivity contribution in [2.75, 3.05) is 24.2 Å². The van der Waals surface area contributed by atoms with Gasteiger partial charge in [-0.05, 0) is 38.5 Å². The number of aliphatic hydroxyl groups is 1. The molecule has 118 valence electrons. The molecule has 0 aromatic heterocycles. The highest BCUT2D eigenvalue weighted by Gasteiger charge is 2.31. The molecular formula is C16H25FN2O2. The van der Waals surface area contributed by atoms with Crippen molar-refractivity contribution in [2.45, 2.75) is 45.1 Å². The van der Waals surface area contributed by atoms with E-state index in [1.165, 1.54) is 6.07 Å². The van der Waals surface area contributed by atoms with Crippen LogP contribution in [0.15, 0.2) is 12.1 Å². The molecule has 0 saturated heterocycles. The zero-order valence-corrected chi connectivity index (χ0v) is 12.8. The SMILES string of the molecule is CCOc1cc(NCC2(O)CCC(C)CC2)c(N)cc1F. The average molecular weight is 296 g/mol. The van der Waals surface area contributed by atoms with E-state index in [-0.39, 0.29) is 5.75 Å². The van der Waals surface area contributed by atoms with Crippen molar-refractivity contribution in [3.8, 4) is 5.75 Å². The summed E-state index contributed by atoms with van der Waals surface area (Å²) in [5.41, 5.74) is 6.04. The predicted molar refractivity (Wildman–Crippen MR) is 83.1 cm³/mol. The fourth-order valence-electron chi connectivity index (χ4n) is 2.72. The molecule has 21 heavy (non-hydrogen) atoms. The van der Waals surface area contributed by atoms with Crippen molar-refractivity contribution in [3.05, 3.63) is 17.9 Å². The minimum Gasteiger partial charge on any atom is -0.491 e. The Morgan fingerprint density at radius 3 is 2.71 bits per heavy atom. The molecule has 2 rings (SSSR count). The van der Waals surface area contributed by atoms with Gasteiger partial charge in [0.05, 0.1) is 23.6 Å². The van der Waals surface area contributed by atoms with E-state index in [4.69, 9.17) is 10.5 Å². The Kier molecular flexibility index (Phi) is 4.93. The first kappa shape index (κ1) is 15.9. The Hall–Kier alpha value is -1.49. The van der Waals surface area contributed by atoms with Gasteiger partial charge in [0.2, 0.25) is 0 Å². The van der Waals surface area contributed by atoms with E-state index in [0.29, 0.717) is 30.4 Å². The Morgan fingerprint density at radius 2 is 2.10 bits per heavy atom. The van der Waals surface area contributed by atoms with Crippen molar-refractivity contribution in [1.29, 1.82) is 0 Å². The molecule has 0 aliphatic heterocycles. The summed E-state index contributed by atoms with van der Waals surface area (Å²) in [4.78, 5) is 0. The van der Waals surface area contributed by atoms with Gasteiger partial charge in [-0.1, -0.05) is 6.92 Å². The first-order chi connectivity index (χ1) is 9.93. The lowest BCUT2D eigenvalue weighted by Gasteiger charge is -2.35. The van der Waals surface area contributed by atoms with Crippen LogP contribution >= 0.6 is 0 Å². The molecule has 0 heterocycles. The lowest BCUT2D eigenvalue weighted by molar-refractivity contribution is 0.00502. The van der Waals surface area contributed by atoms with Crippen LogP contribution < -0.4 is 15.8 Å². The Morgan fingerprint density at radius 1 is 1.43 bits per heavy atom. The minimum atomic E-state index is -0.709. The van der Waals surface area contributed by atoms with Crippen LogP contribution in [-0.2, 0) is 0 Å². The molecule has 4 nitrogen and oxygen atoms in total. The van der Waals surface area contributed by atoms with Crippen molar-refractivity contribution < 1.29 is 14.2 Å². The van der Waals surface area contributed by atoms with Gasteiger partial charge < -0.3 is 20.9 Å². The third kappa shape index (κ3) is 4.00. The van der Waals surface area contributed by atoms with E-state index in [1.54, 1.807) is 13.0 Å². The van der Waals surface area contributed by atoms with E-state index >= 15 is 0 Å². The molecule has 4 N–H and O–H groups in total. The molecule has 5 heteroatoms. The van der Waals surface area contributed by atoms with Gasteiger partial charge in [0.1, 0.15) is 0 Å². The normalized spacial score (nSPS) is 25.6. The van der Waals surface area contributed by atoms with Gasteiger partial charge in [-0.2, -0.15) is 0 Å². The Labute approximate surface area is 125 Å². The van der Waals surface area contributed by atoms with Crippen molar-refractivity contribution in [2.24, 2.45) is 5.92 Å². The van der Waals surface area contributed by atoms with Gasteiger partial charge in [-0.25, -0.2) is 4.39 Å². The summed E-state index contributed by atoms with van der Waals surface area (Å²) in [6, 6.07) is 2.81. The van der Waals surface area contributed by atoms with Crippen LogP contribution in [0.3, 0.4) is 0 Å². The number of hydrogen-bond acceptors (Lipinski definition) is 4. The fourth-order valence-corrected chi connectivity index (χ4v) is 2.72. The predicted octanol–water partition coefficient (Wildman–Crippen LogP) is 3.16. The first-order valence-corrected chi connectivity index (χ1v) is 7.61. The summed E-state index contributed by atoms with van der Waals surface area (Å²) in [6.07, 6.45) is 3.61. The number of nitrogen functional groups attached to an aromatic ring is 1. The largest absolute Gasteiger partial charge is 0.491 e.